The summed E-state index contributed by atoms with van der Waals surface area (Å²) in [4.78, 5) is 44.1. The first-order valence-corrected chi connectivity index (χ1v) is 17.1. The van der Waals surface area contributed by atoms with Crippen LogP contribution in [0.4, 0.5) is 0 Å². The summed E-state index contributed by atoms with van der Waals surface area (Å²) in [7, 11) is 0. The largest absolute Gasteiger partial charge is 0.355 e. The molecular formula is C35H44N4O5S. The first kappa shape index (κ1) is 31.7. The van der Waals surface area contributed by atoms with Crippen molar-refractivity contribution in [2.45, 2.75) is 56.5 Å². The molecule has 1 aliphatic carbocycles. The molecule has 3 heterocycles. The molecule has 0 bridgehead atoms. The van der Waals surface area contributed by atoms with E-state index < -0.39 is 11.6 Å². The number of carbonyl (C=O) groups excluding carboxylic acids is 3. The van der Waals surface area contributed by atoms with E-state index in [1.165, 1.54) is 11.3 Å². The van der Waals surface area contributed by atoms with Crippen molar-refractivity contribution in [2.75, 3.05) is 46.2 Å². The van der Waals surface area contributed by atoms with Crippen molar-refractivity contribution in [3.63, 3.8) is 0 Å². The fourth-order valence-electron chi connectivity index (χ4n) is 6.86. The van der Waals surface area contributed by atoms with Crippen LogP contribution in [0.2, 0.25) is 0 Å². The Morgan fingerprint density at radius 1 is 0.933 bits per heavy atom. The predicted octanol–water partition coefficient (Wildman–Crippen LogP) is 4.12. The first-order chi connectivity index (χ1) is 22.0. The van der Waals surface area contributed by atoms with Gasteiger partial charge in [0.25, 0.3) is 5.91 Å². The number of rotatable bonds is 11. The van der Waals surface area contributed by atoms with Gasteiger partial charge in [-0.05, 0) is 67.8 Å². The number of fused-ring (bicyclic) bond motifs is 1. The average molecular weight is 633 g/mol. The van der Waals surface area contributed by atoms with Gasteiger partial charge in [-0.25, -0.2) is 0 Å². The molecule has 3 aliphatic rings. The van der Waals surface area contributed by atoms with Crippen LogP contribution in [-0.2, 0) is 25.5 Å². The highest BCUT2D eigenvalue weighted by atomic mass is 32.1. The second-order valence-electron chi connectivity index (χ2n) is 12.8. The number of hydrogen-bond acceptors (Lipinski definition) is 7. The number of nitrogens with zero attached hydrogens (tertiary/aromatic N) is 1. The van der Waals surface area contributed by atoms with Gasteiger partial charge >= 0.3 is 0 Å². The molecule has 0 radical (unpaired) electrons. The third-order valence-electron chi connectivity index (χ3n) is 9.46. The molecule has 3 amide bonds. The van der Waals surface area contributed by atoms with Gasteiger partial charge in [-0.3, -0.25) is 14.4 Å². The molecule has 9 nitrogen and oxygen atoms in total. The van der Waals surface area contributed by atoms with E-state index in [-0.39, 0.29) is 17.7 Å². The third kappa shape index (κ3) is 8.10. The van der Waals surface area contributed by atoms with Gasteiger partial charge in [-0.1, -0.05) is 61.4 Å². The fourth-order valence-corrected chi connectivity index (χ4v) is 7.82. The van der Waals surface area contributed by atoms with E-state index in [0.29, 0.717) is 49.3 Å². The normalized spacial score (nSPS) is 20.1. The number of thiophene rings is 1. The molecule has 0 spiro atoms. The quantitative estimate of drug-likeness (QED) is 0.294. The van der Waals surface area contributed by atoms with Gasteiger partial charge in [0.1, 0.15) is 18.4 Å². The molecule has 3 fully saturated rings. The smallest absolute Gasteiger partial charge is 0.262 e. The van der Waals surface area contributed by atoms with Crippen molar-refractivity contribution in [3.8, 4) is 0 Å². The maximum absolute atomic E-state index is 14.0. The summed E-state index contributed by atoms with van der Waals surface area (Å²) in [6.45, 7) is 5.43. The molecule has 6 rings (SSSR count). The van der Waals surface area contributed by atoms with Gasteiger partial charge < -0.3 is 30.3 Å². The SMILES string of the molecule is O=C(NC1(C(=O)N[C@H](Cc2ccccc2)C(=O)NCC2CCN(CC3COCOC3)CC2)CCCC1)c1cc2ccccc2s1. The van der Waals surface area contributed by atoms with Gasteiger partial charge in [0.05, 0.1) is 18.1 Å². The Bertz CT molecular complexity index is 1410. The molecule has 3 aromatic rings. The van der Waals surface area contributed by atoms with Crippen LogP contribution in [0.5, 0.6) is 0 Å². The highest BCUT2D eigenvalue weighted by Crippen LogP contribution is 2.32. The number of carbonyl (C=O) groups is 3. The lowest BCUT2D eigenvalue weighted by Crippen LogP contribution is -2.61. The zero-order chi connectivity index (χ0) is 31.1. The number of ether oxygens (including phenoxy) is 2. The highest BCUT2D eigenvalue weighted by Gasteiger charge is 2.44. The number of benzene rings is 2. The summed E-state index contributed by atoms with van der Waals surface area (Å²) in [5.74, 6) is 0.0889. The van der Waals surface area contributed by atoms with Crippen LogP contribution < -0.4 is 16.0 Å². The second kappa shape index (κ2) is 14.9. The molecule has 10 heteroatoms. The number of piperidine rings is 1. The average Bonchev–Trinajstić information content (AvgIpc) is 3.73. The lowest BCUT2D eigenvalue weighted by Gasteiger charge is -2.35. The minimum absolute atomic E-state index is 0.185. The molecular weight excluding hydrogens is 588 g/mol. The monoisotopic (exact) mass is 632 g/mol. The van der Waals surface area contributed by atoms with Crippen LogP contribution in [0.25, 0.3) is 10.1 Å². The Labute approximate surface area is 269 Å². The van der Waals surface area contributed by atoms with Gasteiger partial charge in [-0.2, -0.15) is 0 Å². The molecule has 2 aliphatic heterocycles. The summed E-state index contributed by atoms with van der Waals surface area (Å²) < 4.78 is 11.9. The summed E-state index contributed by atoms with van der Waals surface area (Å²) in [5, 5.41) is 10.4. The van der Waals surface area contributed by atoms with Crippen molar-refractivity contribution in [3.05, 3.63) is 71.1 Å². The lowest BCUT2D eigenvalue weighted by molar-refractivity contribution is -0.132. The maximum atomic E-state index is 14.0. The molecule has 240 valence electrons. The van der Waals surface area contributed by atoms with Crippen LogP contribution in [-0.4, -0.2) is 80.4 Å². The zero-order valence-electron chi connectivity index (χ0n) is 25.8. The van der Waals surface area contributed by atoms with Crippen LogP contribution in [0.1, 0.15) is 53.8 Å². The van der Waals surface area contributed by atoms with Gasteiger partial charge in [0, 0.05) is 30.1 Å². The third-order valence-corrected chi connectivity index (χ3v) is 10.6. The Morgan fingerprint density at radius 2 is 1.64 bits per heavy atom. The van der Waals surface area contributed by atoms with E-state index in [4.69, 9.17) is 9.47 Å². The molecule has 1 saturated carbocycles. The van der Waals surface area contributed by atoms with Crippen molar-refractivity contribution >= 4 is 39.1 Å². The van der Waals surface area contributed by atoms with E-state index >= 15 is 0 Å². The molecule has 0 unspecified atom stereocenters. The van der Waals surface area contributed by atoms with Crippen molar-refractivity contribution in [2.24, 2.45) is 11.8 Å². The minimum Gasteiger partial charge on any atom is -0.355 e. The Hall–Kier alpha value is -3.31. The topological polar surface area (TPSA) is 109 Å². The molecule has 1 aromatic heterocycles. The number of hydrogen-bond donors (Lipinski definition) is 3. The van der Waals surface area contributed by atoms with Crippen LogP contribution >= 0.6 is 11.3 Å². The van der Waals surface area contributed by atoms with Crippen molar-refractivity contribution in [1.29, 1.82) is 0 Å². The standard InChI is InChI=1S/C35H44N4O5S/c40-32(36-20-26-12-16-39(17-13-26)21-27-22-43-24-44-23-27)29(18-25-8-2-1-3-9-25)37-34(42)35(14-6-7-15-35)38-33(41)31-19-28-10-4-5-11-30(28)45-31/h1-5,8-11,19,26-27,29H,6-7,12-18,20-24H2,(H,36,40)(H,37,42)(H,38,41)/t29-/m1/s1. The van der Waals surface area contributed by atoms with E-state index in [1.807, 2.05) is 60.7 Å². The maximum Gasteiger partial charge on any atom is 0.262 e. The Balaban J connectivity index is 1.08. The van der Waals surface area contributed by atoms with Crippen molar-refractivity contribution < 1.29 is 23.9 Å². The summed E-state index contributed by atoms with van der Waals surface area (Å²) in [6.07, 6.45) is 5.18. The molecule has 2 aromatic carbocycles. The minimum atomic E-state index is -1.04. The van der Waals surface area contributed by atoms with E-state index in [9.17, 15) is 14.4 Å². The first-order valence-electron chi connectivity index (χ1n) is 16.3. The zero-order valence-corrected chi connectivity index (χ0v) is 26.6. The van der Waals surface area contributed by atoms with Crippen LogP contribution in [0.3, 0.4) is 0 Å². The fraction of sp³-hybridized carbons (Fsp3) is 0.514. The molecule has 1 atom stereocenters. The van der Waals surface area contributed by atoms with Crippen LogP contribution in [0.15, 0.2) is 60.7 Å². The Morgan fingerprint density at radius 3 is 2.38 bits per heavy atom. The van der Waals surface area contributed by atoms with Gasteiger partial charge in [0.2, 0.25) is 11.8 Å². The number of nitrogens with one attached hydrogen (secondary N) is 3. The number of amides is 3. The van der Waals surface area contributed by atoms with Crippen molar-refractivity contribution in [1.82, 2.24) is 20.9 Å². The van der Waals surface area contributed by atoms with E-state index in [0.717, 1.165) is 74.2 Å². The summed E-state index contributed by atoms with van der Waals surface area (Å²) >= 11 is 1.43. The highest BCUT2D eigenvalue weighted by molar-refractivity contribution is 7.20. The summed E-state index contributed by atoms with van der Waals surface area (Å²) in [5.41, 5.74) is -0.0688. The molecule has 2 saturated heterocycles. The summed E-state index contributed by atoms with van der Waals surface area (Å²) in [6, 6.07) is 18.8. The van der Waals surface area contributed by atoms with Crippen LogP contribution in [0, 0.1) is 11.8 Å². The second-order valence-corrected chi connectivity index (χ2v) is 13.9. The number of likely N-dealkylation sites (tertiary alicyclic amines) is 1. The van der Waals surface area contributed by atoms with Gasteiger partial charge in [0.15, 0.2) is 0 Å². The van der Waals surface area contributed by atoms with E-state index in [2.05, 4.69) is 20.9 Å². The molecule has 45 heavy (non-hydrogen) atoms. The molecule has 3 N–H and O–H groups in total. The van der Waals surface area contributed by atoms with Gasteiger partial charge in [-0.15, -0.1) is 11.3 Å². The predicted molar refractivity (Wildman–Crippen MR) is 175 cm³/mol. The Kier molecular flexibility index (Phi) is 10.5. The van der Waals surface area contributed by atoms with E-state index in [1.54, 1.807) is 0 Å². The lowest BCUT2D eigenvalue weighted by atomic mass is 9.94.